The minimum absolute atomic E-state index is 0.347. The van der Waals surface area contributed by atoms with Crippen molar-refractivity contribution >= 4 is 34.7 Å². The Balaban J connectivity index is 2.07. The molecule has 0 aliphatic carbocycles. The van der Waals surface area contributed by atoms with Crippen molar-refractivity contribution in [1.29, 1.82) is 0 Å². The van der Waals surface area contributed by atoms with Crippen molar-refractivity contribution in [3.63, 3.8) is 0 Å². The van der Waals surface area contributed by atoms with Crippen LogP contribution in [0.3, 0.4) is 0 Å². The van der Waals surface area contributed by atoms with Gasteiger partial charge in [0.1, 0.15) is 0 Å². The lowest BCUT2D eigenvalue weighted by Crippen LogP contribution is -2.19. The monoisotopic (exact) mass is 289 g/mol. The number of rotatable bonds is 2. The van der Waals surface area contributed by atoms with Gasteiger partial charge < -0.3 is 16.4 Å². The minimum Gasteiger partial charge on any atom is -0.399 e. The molecule has 0 spiro atoms. The summed E-state index contributed by atoms with van der Waals surface area (Å²) in [6.07, 6.45) is 0. The van der Waals surface area contributed by atoms with Crippen LogP contribution in [0.5, 0.6) is 0 Å². The molecule has 0 unspecified atom stereocenters. The number of aryl methyl sites for hydroxylation is 2. The Morgan fingerprint density at radius 1 is 1.05 bits per heavy atom. The van der Waals surface area contributed by atoms with Crippen molar-refractivity contribution in [3.8, 4) is 0 Å². The number of carbonyl (C=O) groups excluding carboxylic acids is 1. The Morgan fingerprint density at radius 3 is 2.45 bits per heavy atom. The van der Waals surface area contributed by atoms with Gasteiger partial charge in [-0.25, -0.2) is 4.79 Å². The summed E-state index contributed by atoms with van der Waals surface area (Å²) in [7, 11) is 0. The number of hydrogen-bond acceptors (Lipinski definition) is 2. The van der Waals surface area contributed by atoms with Crippen LogP contribution in [0.1, 0.15) is 11.1 Å². The molecule has 0 aliphatic rings. The lowest BCUT2D eigenvalue weighted by atomic mass is 10.1. The van der Waals surface area contributed by atoms with Crippen LogP contribution in [-0.4, -0.2) is 6.03 Å². The zero-order valence-electron chi connectivity index (χ0n) is 11.3. The predicted octanol–water partition coefficient (Wildman–Crippen LogP) is 4.18. The Hall–Kier alpha value is -2.20. The molecular formula is C15H16ClN3O. The van der Waals surface area contributed by atoms with Crippen LogP contribution in [-0.2, 0) is 0 Å². The van der Waals surface area contributed by atoms with Crippen molar-refractivity contribution in [2.24, 2.45) is 0 Å². The molecule has 2 aromatic rings. The number of nitrogen functional groups attached to an aromatic ring is 1. The van der Waals surface area contributed by atoms with Crippen LogP contribution in [0.4, 0.5) is 21.9 Å². The van der Waals surface area contributed by atoms with Crippen LogP contribution in [0.25, 0.3) is 0 Å². The van der Waals surface area contributed by atoms with Crippen LogP contribution in [0.2, 0.25) is 5.02 Å². The average molecular weight is 290 g/mol. The number of amides is 2. The summed E-state index contributed by atoms with van der Waals surface area (Å²) in [4.78, 5) is 11.9. The number of carbonyl (C=O) groups is 1. The first-order valence-electron chi connectivity index (χ1n) is 6.16. The van der Waals surface area contributed by atoms with E-state index in [1.165, 1.54) is 5.56 Å². The lowest BCUT2D eigenvalue weighted by molar-refractivity contribution is 0.262. The van der Waals surface area contributed by atoms with Crippen LogP contribution in [0, 0.1) is 13.8 Å². The summed E-state index contributed by atoms with van der Waals surface area (Å²) >= 11 is 6.00. The summed E-state index contributed by atoms with van der Waals surface area (Å²) in [6, 6.07) is 10.3. The SMILES string of the molecule is Cc1ccc(NC(=O)Nc2ccc(N)cc2Cl)cc1C. The van der Waals surface area contributed by atoms with E-state index in [-0.39, 0.29) is 6.03 Å². The zero-order valence-corrected chi connectivity index (χ0v) is 12.1. The number of urea groups is 1. The third kappa shape index (κ3) is 3.42. The number of halogens is 1. The lowest BCUT2D eigenvalue weighted by Gasteiger charge is -2.10. The minimum atomic E-state index is -0.347. The maximum absolute atomic E-state index is 11.9. The van der Waals surface area contributed by atoms with E-state index in [1.54, 1.807) is 18.2 Å². The molecule has 0 saturated carbocycles. The molecule has 104 valence electrons. The number of nitrogens with two attached hydrogens (primary N) is 1. The molecule has 0 aliphatic heterocycles. The molecule has 4 nitrogen and oxygen atoms in total. The molecule has 0 aromatic heterocycles. The standard InChI is InChI=1S/C15H16ClN3O/c1-9-3-5-12(7-10(9)2)18-15(20)19-14-6-4-11(17)8-13(14)16/h3-8H,17H2,1-2H3,(H2,18,19,20). The van der Waals surface area contributed by atoms with E-state index in [0.29, 0.717) is 16.4 Å². The van der Waals surface area contributed by atoms with E-state index in [1.807, 2.05) is 32.0 Å². The summed E-state index contributed by atoms with van der Waals surface area (Å²) < 4.78 is 0. The number of nitrogens with one attached hydrogen (secondary N) is 2. The molecule has 0 bridgehead atoms. The molecule has 0 heterocycles. The second-order valence-corrected chi connectivity index (χ2v) is 5.02. The summed E-state index contributed by atoms with van der Waals surface area (Å²) in [5.41, 5.74) is 9.70. The second-order valence-electron chi connectivity index (χ2n) is 4.62. The smallest absolute Gasteiger partial charge is 0.323 e. The van der Waals surface area contributed by atoms with E-state index in [4.69, 9.17) is 17.3 Å². The zero-order chi connectivity index (χ0) is 14.7. The van der Waals surface area contributed by atoms with Gasteiger partial charge in [0.2, 0.25) is 0 Å². The van der Waals surface area contributed by atoms with Gasteiger partial charge in [-0.05, 0) is 55.3 Å². The number of benzene rings is 2. The van der Waals surface area contributed by atoms with E-state index in [0.717, 1.165) is 11.3 Å². The van der Waals surface area contributed by atoms with Gasteiger partial charge in [-0.1, -0.05) is 17.7 Å². The van der Waals surface area contributed by atoms with E-state index >= 15 is 0 Å². The fraction of sp³-hybridized carbons (Fsp3) is 0.133. The first-order valence-corrected chi connectivity index (χ1v) is 6.54. The number of hydrogen-bond donors (Lipinski definition) is 3. The van der Waals surface area contributed by atoms with Crippen LogP contribution < -0.4 is 16.4 Å². The Morgan fingerprint density at radius 2 is 1.80 bits per heavy atom. The van der Waals surface area contributed by atoms with E-state index < -0.39 is 0 Å². The molecule has 20 heavy (non-hydrogen) atoms. The highest BCUT2D eigenvalue weighted by Gasteiger charge is 2.06. The van der Waals surface area contributed by atoms with Gasteiger partial charge >= 0.3 is 6.03 Å². The van der Waals surface area contributed by atoms with Gasteiger partial charge in [-0.15, -0.1) is 0 Å². The van der Waals surface area contributed by atoms with Gasteiger partial charge in [-0.3, -0.25) is 0 Å². The molecule has 2 amide bonds. The Bertz CT molecular complexity index is 656. The molecular weight excluding hydrogens is 274 g/mol. The molecule has 2 aromatic carbocycles. The van der Waals surface area contributed by atoms with E-state index in [9.17, 15) is 4.79 Å². The van der Waals surface area contributed by atoms with Crippen molar-refractivity contribution in [2.75, 3.05) is 16.4 Å². The molecule has 0 atom stereocenters. The largest absolute Gasteiger partial charge is 0.399 e. The highest BCUT2D eigenvalue weighted by atomic mass is 35.5. The number of anilines is 3. The maximum atomic E-state index is 11.9. The third-order valence-corrected chi connectivity index (χ3v) is 3.32. The van der Waals surface area contributed by atoms with E-state index in [2.05, 4.69) is 10.6 Å². The van der Waals surface area contributed by atoms with Gasteiger partial charge in [0.05, 0.1) is 10.7 Å². The summed E-state index contributed by atoms with van der Waals surface area (Å²) in [6.45, 7) is 4.02. The summed E-state index contributed by atoms with van der Waals surface area (Å²) in [5.74, 6) is 0. The highest BCUT2D eigenvalue weighted by Crippen LogP contribution is 2.24. The first kappa shape index (κ1) is 14.2. The normalized spacial score (nSPS) is 10.2. The molecule has 0 fully saturated rings. The van der Waals surface area contributed by atoms with Crippen molar-refractivity contribution in [3.05, 3.63) is 52.5 Å². The van der Waals surface area contributed by atoms with Crippen molar-refractivity contribution in [1.82, 2.24) is 0 Å². The van der Waals surface area contributed by atoms with Crippen molar-refractivity contribution < 1.29 is 4.79 Å². The molecule has 4 N–H and O–H groups in total. The second kappa shape index (κ2) is 5.84. The van der Waals surface area contributed by atoms with Gasteiger partial charge in [0, 0.05) is 11.4 Å². The highest BCUT2D eigenvalue weighted by molar-refractivity contribution is 6.34. The van der Waals surface area contributed by atoms with Crippen LogP contribution in [0.15, 0.2) is 36.4 Å². The fourth-order valence-corrected chi connectivity index (χ4v) is 1.97. The predicted molar refractivity (Wildman–Crippen MR) is 84.4 cm³/mol. The molecule has 2 rings (SSSR count). The molecule has 0 radical (unpaired) electrons. The van der Waals surface area contributed by atoms with Gasteiger partial charge in [0.15, 0.2) is 0 Å². The van der Waals surface area contributed by atoms with Crippen LogP contribution >= 0.6 is 11.6 Å². The van der Waals surface area contributed by atoms with Crippen molar-refractivity contribution in [2.45, 2.75) is 13.8 Å². The van der Waals surface area contributed by atoms with Gasteiger partial charge in [-0.2, -0.15) is 0 Å². The maximum Gasteiger partial charge on any atom is 0.323 e. The fourth-order valence-electron chi connectivity index (χ4n) is 1.74. The molecule has 0 saturated heterocycles. The quantitative estimate of drug-likeness (QED) is 0.726. The summed E-state index contributed by atoms with van der Waals surface area (Å²) in [5, 5.41) is 5.85. The van der Waals surface area contributed by atoms with Gasteiger partial charge in [0.25, 0.3) is 0 Å². The topological polar surface area (TPSA) is 67.2 Å². The molecule has 5 heteroatoms. The first-order chi connectivity index (χ1) is 9.45. The average Bonchev–Trinajstić information content (AvgIpc) is 2.37. The Kier molecular flexibility index (Phi) is 4.15. The third-order valence-electron chi connectivity index (χ3n) is 3.01. The Labute approximate surface area is 122 Å².